The van der Waals surface area contributed by atoms with Crippen molar-refractivity contribution in [2.24, 2.45) is 0 Å². The summed E-state index contributed by atoms with van der Waals surface area (Å²) in [7, 11) is 0. The van der Waals surface area contributed by atoms with Crippen LogP contribution in [0, 0.1) is 0 Å². The minimum Gasteiger partial charge on any atom is -0.479 e. The van der Waals surface area contributed by atoms with Crippen molar-refractivity contribution in [3.8, 4) is 0 Å². The van der Waals surface area contributed by atoms with Crippen molar-refractivity contribution in [3.05, 3.63) is 35.4 Å². The van der Waals surface area contributed by atoms with Crippen molar-refractivity contribution in [2.45, 2.75) is 12.2 Å². The van der Waals surface area contributed by atoms with Crippen molar-refractivity contribution in [1.82, 2.24) is 0 Å². The molecule has 2 unspecified atom stereocenters. The lowest BCUT2D eigenvalue weighted by atomic mass is 9.98. The summed E-state index contributed by atoms with van der Waals surface area (Å²) in [5, 5.41) is 36.1. The Balaban J connectivity index is 3.11. The SMILES string of the molecule is O=C(O)C(O)c1ccccc1C(O)CO. The molecule has 0 amide bonds. The van der Waals surface area contributed by atoms with Crippen LogP contribution < -0.4 is 0 Å². The predicted molar refractivity (Wildman–Crippen MR) is 51.1 cm³/mol. The van der Waals surface area contributed by atoms with E-state index in [9.17, 15) is 15.0 Å². The molecule has 0 aliphatic carbocycles. The number of aliphatic hydroxyl groups is 3. The number of rotatable bonds is 4. The van der Waals surface area contributed by atoms with E-state index in [4.69, 9.17) is 10.2 Å². The zero-order chi connectivity index (χ0) is 11.4. The molecule has 0 saturated heterocycles. The predicted octanol–water partition coefficient (Wildman–Crippen LogP) is -0.170. The molecule has 5 heteroatoms. The van der Waals surface area contributed by atoms with Gasteiger partial charge in [-0.25, -0.2) is 4.79 Å². The molecule has 1 aromatic rings. The first-order valence-corrected chi connectivity index (χ1v) is 4.36. The number of hydrogen-bond acceptors (Lipinski definition) is 4. The second kappa shape index (κ2) is 4.88. The van der Waals surface area contributed by atoms with E-state index < -0.39 is 24.8 Å². The van der Waals surface area contributed by atoms with Gasteiger partial charge in [0.05, 0.1) is 6.61 Å². The fourth-order valence-electron chi connectivity index (χ4n) is 1.29. The van der Waals surface area contributed by atoms with Gasteiger partial charge in [0.2, 0.25) is 0 Å². The first kappa shape index (κ1) is 11.6. The maximum absolute atomic E-state index is 10.6. The maximum Gasteiger partial charge on any atom is 0.337 e. The molecule has 5 nitrogen and oxygen atoms in total. The highest BCUT2D eigenvalue weighted by molar-refractivity contribution is 5.74. The number of carbonyl (C=O) groups is 1. The zero-order valence-electron chi connectivity index (χ0n) is 7.87. The van der Waals surface area contributed by atoms with Gasteiger partial charge in [-0.3, -0.25) is 0 Å². The van der Waals surface area contributed by atoms with E-state index in [0.29, 0.717) is 0 Å². The van der Waals surface area contributed by atoms with Gasteiger partial charge in [0.15, 0.2) is 6.10 Å². The fraction of sp³-hybridized carbons (Fsp3) is 0.300. The van der Waals surface area contributed by atoms with Crippen LogP contribution in [0.4, 0.5) is 0 Å². The van der Waals surface area contributed by atoms with E-state index in [-0.39, 0.29) is 11.1 Å². The number of carboxylic acids is 1. The Bertz CT molecular complexity index is 349. The van der Waals surface area contributed by atoms with Gasteiger partial charge in [-0.05, 0) is 11.1 Å². The van der Waals surface area contributed by atoms with Crippen molar-refractivity contribution in [1.29, 1.82) is 0 Å². The van der Waals surface area contributed by atoms with Crippen molar-refractivity contribution in [3.63, 3.8) is 0 Å². The Hall–Kier alpha value is -1.43. The molecule has 0 aliphatic heterocycles. The number of benzene rings is 1. The Morgan fingerprint density at radius 1 is 1.20 bits per heavy atom. The van der Waals surface area contributed by atoms with E-state index >= 15 is 0 Å². The van der Waals surface area contributed by atoms with E-state index in [1.807, 2.05) is 0 Å². The molecule has 0 saturated carbocycles. The van der Waals surface area contributed by atoms with Gasteiger partial charge in [0.1, 0.15) is 6.10 Å². The molecule has 0 bridgehead atoms. The highest BCUT2D eigenvalue weighted by Gasteiger charge is 2.21. The maximum atomic E-state index is 10.6. The summed E-state index contributed by atoms with van der Waals surface area (Å²) in [5.74, 6) is -1.40. The van der Waals surface area contributed by atoms with Gasteiger partial charge in [0, 0.05) is 0 Å². The molecule has 4 N–H and O–H groups in total. The van der Waals surface area contributed by atoms with Crippen LogP contribution in [0.25, 0.3) is 0 Å². The number of aliphatic carboxylic acids is 1. The lowest BCUT2D eigenvalue weighted by molar-refractivity contribution is -0.147. The van der Waals surface area contributed by atoms with E-state index in [2.05, 4.69) is 0 Å². The molecule has 15 heavy (non-hydrogen) atoms. The first-order valence-electron chi connectivity index (χ1n) is 4.36. The van der Waals surface area contributed by atoms with Gasteiger partial charge in [-0.1, -0.05) is 24.3 Å². The number of carboxylic acid groups (broad SMARTS) is 1. The molecule has 1 rings (SSSR count). The fourth-order valence-corrected chi connectivity index (χ4v) is 1.29. The minimum atomic E-state index is -1.69. The molecule has 82 valence electrons. The number of aliphatic hydroxyl groups excluding tert-OH is 3. The average molecular weight is 212 g/mol. The molecule has 1 aromatic carbocycles. The second-order valence-electron chi connectivity index (χ2n) is 3.07. The second-order valence-corrected chi connectivity index (χ2v) is 3.07. The van der Waals surface area contributed by atoms with Crippen molar-refractivity contribution < 1.29 is 25.2 Å². The van der Waals surface area contributed by atoms with Crippen LogP contribution in [-0.4, -0.2) is 33.0 Å². The highest BCUT2D eigenvalue weighted by atomic mass is 16.4. The first-order chi connectivity index (χ1) is 7.07. The van der Waals surface area contributed by atoms with Crippen LogP contribution in [0.3, 0.4) is 0 Å². The zero-order valence-corrected chi connectivity index (χ0v) is 7.87. The summed E-state index contributed by atoms with van der Waals surface area (Å²) in [4.78, 5) is 10.6. The summed E-state index contributed by atoms with van der Waals surface area (Å²) in [6.07, 6.45) is -2.88. The van der Waals surface area contributed by atoms with Crippen LogP contribution in [-0.2, 0) is 4.79 Å². The van der Waals surface area contributed by atoms with Gasteiger partial charge in [-0.2, -0.15) is 0 Å². The van der Waals surface area contributed by atoms with E-state index in [1.54, 1.807) is 12.1 Å². The molecule has 2 atom stereocenters. The van der Waals surface area contributed by atoms with Crippen molar-refractivity contribution >= 4 is 5.97 Å². The lowest BCUT2D eigenvalue weighted by Gasteiger charge is -2.15. The Kier molecular flexibility index (Phi) is 3.79. The monoisotopic (exact) mass is 212 g/mol. The third-order valence-corrected chi connectivity index (χ3v) is 2.06. The van der Waals surface area contributed by atoms with Gasteiger partial charge >= 0.3 is 5.97 Å². The van der Waals surface area contributed by atoms with Crippen LogP contribution in [0.2, 0.25) is 0 Å². The number of hydrogen-bond donors (Lipinski definition) is 4. The van der Waals surface area contributed by atoms with Crippen LogP contribution >= 0.6 is 0 Å². The molecular formula is C10H12O5. The summed E-state index contributed by atoms with van der Waals surface area (Å²) in [6.45, 7) is -0.524. The molecule has 0 spiro atoms. The van der Waals surface area contributed by atoms with Gasteiger partial charge < -0.3 is 20.4 Å². The molecular weight excluding hydrogens is 200 g/mol. The third kappa shape index (κ3) is 2.53. The topological polar surface area (TPSA) is 98.0 Å². The van der Waals surface area contributed by atoms with E-state index in [1.165, 1.54) is 12.1 Å². The Morgan fingerprint density at radius 3 is 2.20 bits per heavy atom. The summed E-state index contributed by atoms with van der Waals surface area (Å²) in [5.41, 5.74) is 0.307. The van der Waals surface area contributed by atoms with Crippen LogP contribution in [0.15, 0.2) is 24.3 Å². The van der Waals surface area contributed by atoms with Crippen LogP contribution in [0.5, 0.6) is 0 Å². The summed E-state index contributed by atoms with van der Waals surface area (Å²) >= 11 is 0. The summed E-state index contributed by atoms with van der Waals surface area (Å²) < 4.78 is 0. The van der Waals surface area contributed by atoms with Crippen molar-refractivity contribution in [2.75, 3.05) is 6.61 Å². The minimum absolute atomic E-state index is 0.0894. The standard InChI is InChI=1S/C10H12O5/c11-5-8(12)6-3-1-2-4-7(6)9(13)10(14)15/h1-4,8-9,11-13H,5H2,(H,14,15). The Morgan fingerprint density at radius 2 is 1.73 bits per heavy atom. The molecule has 0 aromatic heterocycles. The Labute approximate surface area is 86.2 Å². The molecule has 0 radical (unpaired) electrons. The normalized spacial score (nSPS) is 14.6. The third-order valence-electron chi connectivity index (χ3n) is 2.06. The average Bonchev–Trinajstić information content (AvgIpc) is 2.27. The molecule has 0 fully saturated rings. The molecule has 0 heterocycles. The van der Waals surface area contributed by atoms with Gasteiger partial charge in [0.25, 0.3) is 0 Å². The van der Waals surface area contributed by atoms with Crippen LogP contribution in [0.1, 0.15) is 23.3 Å². The lowest BCUT2D eigenvalue weighted by Crippen LogP contribution is -2.15. The highest BCUT2D eigenvalue weighted by Crippen LogP contribution is 2.23. The quantitative estimate of drug-likeness (QED) is 0.555. The largest absolute Gasteiger partial charge is 0.479 e. The smallest absolute Gasteiger partial charge is 0.337 e. The van der Waals surface area contributed by atoms with Gasteiger partial charge in [-0.15, -0.1) is 0 Å². The summed E-state index contributed by atoms with van der Waals surface area (Å²) in [6, 6.07) is 6.00. The van der Waals surface area contributed by atoms with E-state index in [0.717, 1.165) is 0 Å². The molecule has 0 aliphatic rings.